The zero-order chi connectivity index (χ0) is 19.2. The molecule has 2 amide bonds. The highest BCUT2D eigenvalue weighted by molar-refractivity contribution is 9.10. The van der Waals surface area contributed by atoms with Gasteiger partial charge in [0, 0.05) is 23.0 Å². The van der Waals surface area contributed by atoms with Crippen LogP contribution in [0.5, 0.6) is 0 Å². The van der Waals surface area contributed by atoms with Gasteiger partial charge in [0.15, 0.2) is 0 Å². The van der Waals surface area contributed by atoms with E-state index in [1.807, 2.05) is 36.4 Å². The number of nitrogens with zero attached hydrogens (tertiary/aromatic N) is 2. The molecule has 0 atom stereocenters. The number of amides is 2. The van der Waals surface area contributed by atoms with Crippen molar-refractivity contribution in [1.29, 1.82) is 0 Å². The standard InChI is InChI=1S/C21H22BrN3O2/c1-2-3-4-15-5-9-17(10-6-15)23-21(27)19-13-14-20(26)25(24-19)18-11-7-16(22)8-12-18/h5-12H,2-4,13-14H2,1H3,(H,23,27). The van der Waals surface area contributed by atoms with Gasteiger partial charge in [-0.2, -0.15) is 5.10 Å². The van der Waals surface area contributed by atoms with Gasteiger partial charge in [-0.05, 0) is 54.8 Å². The number of carbonyl (C=O) groups is 2. The Hall–Kier alpha value is -2.47. The zero-order valence-corrected chi connectivity index (χ0v) is 16.8. The summed E-state index contributed by atoms with van der Waals surface area (Å²) in [6.07, 6.45) is 3.96. The summed E-state index contributed by atoms with van der Waals surface area (Å²) >= 11 is 3.37. The van der Waals surface area contributed by atoms with Crippen molar-refractivity contribution >= 4 is 44.8 Å². The molecule has 0 spiro atoms. The van der Waals surface area contributed by atoms with Crippen molar-refractivity contribution in [3.63, 3.8) is 0 Å². The summed E-state index contributed by atoms with van der Waals surface area (Å²) in [6.45, 7) is 2.17. The van der Waals surface area contributed by atoms with Crippen LogP contribution in [0.15, 0.2) is 58.1 Å². The molecule has 5 nitrogen and oxygen atoms in total. The molecule has 3 rings (SSSR count). The van der Waals surface area contributed by atoms with E-state index in [1.165, 1.54) is 10.6 Å². The van der Waals surface area contributed by atoms with Gasteiger partial charge in [0.05, 0.1) is 5.69 Å². The van der Waals surface area contributed by atoms with Crippen LogP contribution >= 0.6 is 15.9 Å². The fraction of sp³-hybridized carbons (Fsp3) is 0.286. The zero-order valence-electron chi connectivity index (χ0n) is 15.2. The van der Waals surface area contributed by atoms with Crippen LogP contribution in [0.25, 0.3) is 0 Å². The predicted octanol–water partition coefficient (Wildman–Crippen LogP) is 4.91. The van der Waals surface area contributed by atoms with Gasteiger partial charge in [0.2, 0.25) is 5.91 Å². The molecule has 140 valence electrons. The van der Waals surface area contributed by atoms with E-state index in [4.69, 9.17) is 0 Å². The van der Waals surface area contributed by atoms with Crippen molar-refractivity contribution in [2.24, 2.45) is 5.10 Å². The van der Waals surface area contributed by atoms with E-state index in [1.54, 1.807) is 12.1 Å². The van der Waals surface area contributed by atoms with E-state index in [0.29, 0.717) is 17.8 Å². The molecule has 0 bridgehead atoms. The van der Waals surface area contributed by atoms with Gasteiger partial charge in [-0.25, -0.2) is 5.01 Å². The molecule has 1 aliphatic heterocycles. The summed E-state index contributed by atoms with van der Waals surface area (Å²) in [6, 6.07) is 15.1. The second-order valence-electron chi connectivity index (χ2n) is 6.48. The molecule has 0 saturated carbocycles. The molecule has 2 aromatic carbocycles. The number of aryl methyl sites for hydroxylation is 1. The van der Waals surface area contributed by atoms with E-state index in [0.717, 1.165) is 29.4 Å². The van der Waals surface area contributed by atoms with Crippen molar-refractivity contribution in [1.82, 2.24) is 0 Å². The molecule has 0 unspecified atom stereocenters. The quantitative estimate of drug-likeness (QED) is 0.711. The number of hydrazone groups is 1. The van der Waals surface area contributed by atoms with Gasteiger partial charge in [0.1, 0.15) is 5.71 Å². The van der Waals surface area contributed by atoms with Gasteiger partial charge in [-0.3, -0.25) is 9.59 Å². The fourth-order valence-corrected chi connectivity index (χ4v) is 3.10. The number of halogens is 1. The first-order valence-corrected chi connectivity index (χ1v) is 9.92. The Morgan fingerprint density at radius 2 is 1.81 bits per heavy atom. The normalized spacial score (nSPS) is 14.1. The number of anilines is 2. The number of benzene rings is 2. The number of hydrogen-bond acceptors (Lipinski definition) is 3. The van der Waals surface area contributed by atoms with Crippen LogP contribution in [0.1, 0.15) is 38.2 Å². The van der Waals surface area contributed by atoms with E-state index in [9.17, 15) is 9.59 Å². The highest BCUT2D eigenvalue weighted by Crippen LogP contribution is 2.23. The van der Waals surface area contributed by atoms with E-state index >= 15 is 0 Å². The molecule has 6 heteroatoms. The summed E-state index contributed by atoms with van der Waals surface area (Å²) < 4.78 is 0.917. The highest BCUT2D eigenvalue weighted by Gasteiger charge is 2.25. The van der Waals surface area contributed by atoms with Gasteiger partial charge in [0.25, 0.3) is 5.91 Å². The van der Waals surface area contributed by atoms with Crippen LogP contribution < -0.4 is 10.3 Å². The minimum Gasteiger partial charge on any atom is -0.321 e. The summed E-state index contributed by atoms with van der Waals surface area (Å²) in [7, 11) is 0. The Labute approximate surface area is 167 Å². The first-order chi connectivity index (χ1) is 13.1. The van der Waals surface area contributed by atoms with Crippen molar-refractivity contribution < 1.29 is 9.59 Å². The average molecular weight is 428 g/mol. The maximum atomic E-state index is 12.6. The Bertz CT molecular complexity index is 845. The van der Waals surface area contributed by atoms with Crippen LogP contribution in [-0.4, -0.2) is 17.5 Å². The third-order valence-corrected chi connectivity index (χ3v) is 4.93. The van der Waals surface area contributed by atoms with Gasteiger partial charge in [-0.15, -0.1) is 0 Å². The van der Waals surface area contributed by atoms with Crippen molar-refractivity contribution in [3.05, 3.63) is 58.6 Å². The highest BCUT2D eigenvalue weighted by atomic mass is 79.9. The number of carbonyl (C=O) groups excluding carboxylic acids is 2. The molecule has 0 radical (unpaired) electrons. The molecule has 1 aliphatic rings. The van der Waals surface area contributed by atoms with Gasteiger partial charge < -0.3 is 5.32 Å². The molecule has 2 aromatic rings. The first-order valence-electron chi connectivity index (χ1n) is 9.13. The SMILES string of the molecule is CCCCc1ccc(NC(=O)C2=NN(c3ccc(Br)cc3)C(=O)CC2)cc1. The summed E-state index contributed by atoms with van der Waals surface area (Å²) in [5, 5.41) is 8.47. The molecule has 0 aromatic heterocycles. The van der Waals surface area contributed by atoms with E-state index in [2.05, 4.69) is 33.3 Å². The summed E-state index contributed by atoms with van der Waals surface area (Å²) in [5.41, 5.74) is 2.99. The monoisotopic (exact) mass is 427 g/mol. The molecular weight excluding hydrogens is 406 g/mol. The Morgan fingerprint density at radius 3 is 2.48 bits per heavy atom. The van der Waals surface area contributed by atoms with Crippen LogP contribution in [0, 0.1) is 0 Å². The lowest BCUT2D eigenvalue weighted by molar-refractivity contribution is -0.118. The largest absolute Gasteiger partial charge is 0.321 e. The smallest absolute Gasteiger partial charge is 0.271 e. The lowest BCUT2D eigenvalue weighted by Crippen LogP contribution is -2.36. The van der Waals surface area contributed by atoms with Crippen LogP contribution in [0.3, 0.4) is 0 Å². The second kappa shape index (κ2) is 8.95. The van der Waals surface area contributed by atoms with Crippen molar-refractivity contribution in [2.75, 3.05) is 10.3 Å². The third-order valence-electron chi connectivity index (χ3n) is 4.40. The van der Waals surface area contributed by atoms with Crippen molar-refractivity contribution in [3.8, 4) is 0 Å². The Morgan fingerprint density at radius 1 is 1.11 bits per heavy atom. The van der Waals surface area contributed by atoms with Crippen LogP contribution in [0.4, 0.5) is 11.4 Å². The molecular formula is C21H22BrN3O2. The number of unbranched alkanes of at least 4 members (excludes halogenated alkanes) is 1. The molecule has 0 aliphatic carbocycles. The molecule has 1 N–H and O–H groups in total. The van der Waals surface area contributed by atoms with Crippen LogP contribution in [-0.2, 0) is 16.0 Å². The lowest BCUT2D eigenvalue weighted by Gasteiger charge is -2.23. The topological polar surface area (TPSA) is 61.8 Å². The number of hydrogen-bond donors (Lipinski definition) is 1. The second-order valence-corrected chi connectivity index (χ2v) is 7.40. The van der Waals surface area contributed by atoms with Gasteiger partial charge in [-0.1, -0.05) is 41.4 Å². The summed E-state index contributed by atoms with van der Waals surface area (Å²) in [5.74, 6) is -0.389. The minimum atomic E-state index is -0.272. The first kappa shape index (κ1) is 19.3. The molecule has 0 saturated heterocycles. The number of rotatable bonds is 6. The number of nitrogens with one attached hydrogen (secondary N) is 1. The Balaban J connectivity index is 1.70. The molecule has 0 fully saturated rings. The van der Waals surface area contributed by atoms with Crippen LogP contribution in [0.2, 0.25) is 0 Å². The van der Waals surface area contributed by atoms with E-state index in [-0.39, 0.29) is 18.2 Å². The fourth-order valence-electron chi connectivity index (χ4n) is 2.84. The molecule has 27 heavy (non-hydrogen) atoms. The van der Waals surface area contributed by atoms with Crippen molar-refractivity contribution in [2.45, 2.75) is 39.0 Å². The van der Waals surface area contributed by atoms with E-state index < -0.39 is 0 Å². The maximum absolute atomic E-state index is 12.6. The summed E-state index contributed by atoms with van der Waals surface area (Å²) in [4.78, 5) is 24.8. The lowest BCUT2D eigenvalue weighted by atomic mass is 10.1. The molecule has 1 heterocycles. The maximum Gasteiger partial charge on any atom is 0.271 e. The third kappa shape index (κ3) is 5.04. The average Bonchev–Trinajstić information content (AvgIpc) is 2.68. The van der Waals surface area contributed by atoms with Gasteiger partial charge >= 0.3 is 0 Å². The minimum absolute atomic E-state index is 0.117. The Kier molecular flexibility index (Phi) is 6.40. The predicted molar refractivity (Wildman–Crippen MR) is 112 cm³/mol.